The van der Waals surface area contributed by atoms with Crippen LogP contribution in [0.3, 0.4) is 0 Å². The highest BCUT2D eigenvalue weighted by Crippen LogP contribution is 2.35. The van der Waals surface area contributed by atoms with Crippen molar-refractivity contribution in [3.8, 4) is 10.4 Å². The van der Waals surface area contributed by atoms with Crippen LogP contribution in [0.25, 0.3) is 10.4 Å². The Kier molecular flexibility index (Phi) is 5.35. The molecule has 1 aromatic heterocycles. The second-order valence-corrected chi connectivity index (χ2v) is 7.28. The molecule has 1 unspecified atom stereocenters. The van der Waals surface area contributed by atoms with Gasteiger partial charge in [0.2, 0.25) is 0 Å². The number of piperidine rings is 1. The minimum absolute atomic E-state index is 0.104. The number of hydrogen-bond acceptors (Lipinski definition) is 4. The molecule has 1 fully saturated rings. The molecule has 2 heterocycles. The van der Waals surface area contributed by atoms with E-state index in [2.05, 4.69) is 16.0 Å². The maximum absolute atomic E-state index is 12.7. The Balaban J connectivity index is 1.87. The van der Waals surface area contributed by atoms with Gasteiger partial charge >= 0.3 is 6.03 Å². The molecule has 5 N–H and O–H groups in total. The molecule has 132 valence electrons. The first kappa shape index (κ1) is 17.4. The van der Waals surface area contributed by atoms with E-state index in [1.165, 1.54) is 11.3 Å². The lowest BCUT2D eigenvalue weighted by Gasteiger charge is -2.23. The van der Waals surface area contributed by atoms with Gasteiger partial charge in [-0.15, -0.1) is 11.3 Å². The van der Waals surface area contributed by atoms with Gasteiger partial charge in [0.05, 0.1) is 5.69 Å². The second-order valence-electron chi connectivity index (χ2n) is 6.23. The molecule has 0 bridgehead atoms. The first-order valence-electron chi connectivity index (χ1n) is 8.32. The van der Waals surface area contributed by atoms with Crippen LogP contribution in [0.4, 0.5) is 10.5 Å². The quantitative estimate of drug-likeness (QED) is 0.676. The summed E-state index contributed by atoms with van der Waals surface area (Å²) < 4.78 is 0. The number of primary amides is 1. The van der Waals surface area contributed by atoms with Crippen LogP contribution in [0.15, 0.2) is 30.3 Å². The monoisotopic (exact) mass is 358 g/mol. The topological polar surface area (TPSA) is 96.2 Å². The summed E-state index contributed by atoms with van der Waals surface area (Å²) >= 11 is 1.36. The summed E-state index contributed by atoms with van der Waals surface area (Å²) in [5.41, 5.74) is 7.86. The van der Waals surface area contributed by atoms with Crippen molar-refractivity contribution in [2.24, 2.45) is 5.73 Å². The van der Waals surface area contributed by atoms with Crippen molar-refractivity contribution in [1.82, 2.24) is 10.6 Å². The molecule has 7 heteroatoms. The molecular formula is C18H22N4O2S. The number of hydrogen-bond donors (Lipinski definition) is 4. The number of carbonyl (C=O) groups is 2. The lowest BCUT2D eigenvalue weighted by atomic mass is 10.1. The molecule has 25 heavy (non-hydrogen) atoms. The maximum Gasteiger partial charge on any atom is 0.316 e. The van der Waals surface area contributed by atoms with Gasteiger partial charge in [-0.05, 0) is 37.9 Å². The van der Waals surface area contributed by atoms with E-state index in [1.54, 1.807) is 6.07 Å². The van der Waals surface area contributed by atoms with Gasteiger partial charge in [0, 0.05) is 17.5 Å². The lowest BCUT2D eigenvalue weighted by Crippen LogP contribution is -2.45. The third kappa shape index (κ3) is 4.37. The molecule has 6 nitrogen and oxygen atoms in total. The molecule has 0 saturated carbocycles. The van der Waals surface area contributed by atoms with E-state index in [0.717, 1.165) is 41.9 Å². The molecule has 0 spiro atoms. The fourth-order valence-electron chi connectivity index (χ4n) is 2.95. The van der Waals surface area contributed by atoms with Crippen LogP contribution < -0.4 is 21.7 Å². The molecular weight excluding hydrogens is 336 g/mol. The number of thiophene rings is 1. The van der Waals surface area contributed by atoms with Crippen LogP contribution in [-0.4, -0.2) is 31.1 Å². The van der Waals surface area contributed by atoms with E-state index in [-0.39, 0.29) is 11.9 Å². The molecule has 1 aromatic carbocycles. The van der Waals surface area contributed by atoms with Gasteiger partial charge in [-0.3, -0.25) is 4.79 Å². The predicted molar refractivity (Wildman–Crippen MR) is 101 cm³/mol. The van der Waals surface area contributed by atoms with Crippen LogP contribution in [0.2, 0.25) is 0 Å². The SMILES string of the molecule is Cc1cccc(-c2cc(NC(N)=O)c(C(=O)NC3CCCNC3)s2)c1. The molecule has 2 aromatic rings. The minimum atomic E-state index is -0.679. The normalized spacial score (nSPS) is 17.1. The highest BCUT2D eigenvalue weighted by molar-refractivity contribution is 7.18. The van der Waals surface area contributed by atoms with Crippen LogP contribution >= 0.6 is 11.3 Å². The number of carbonyl (C=O) groups excluding carboxylic acids is 2. The van der Waals surface area contributed by atoms with Crippen molar-refractivity contribution < 1.29 is 9.59 Å². The van der Waals surface area contributed by atoms with Crippen LogP contribution in [0.1, 0.15) is 28.1 Å². The Hall–Kier alpha value is -2.38. The summed E-state index contributed by atoms with van der Waals surface area (Å²) in [5, 5.41) is 8.89. The van der Waals surface area contributed by atoms with E-state index in [1.807, 2.05) is 31.2 Å². The van der Waals surface area contributed by atoms with Crippen LogP contribution in [0, 0.1) is 6.92 Å². The van der Waals surface area contributed by atoms with Crippen LogP contribution in [-0.2, 0) is 0 Å². The molecule has 0 aliphatic carbocycles. The van der Waals surface area contributed by atoms with Gasteiger partial charge < -0.3 is 21.7 Å². The maximum atomic E-state index is 12.7. The molecule has 0 radical (unpaired) electrons. The van der Waals surface area contributed by atoms with E-state index in [0.29, 0.717) is 10.6 Å². The Labute approximate surface area is 150 Å². The van der Waals surface area contributed by atoms with Crippen molar-refractivity contribution in [2.45, 2.75) is 25.8 Å². The summed E-state index contributed by atoms with van der Waals surface area (Å²) in [6, 6.07) is 9.25. The summed E-state index contributed by atoms with van der Waals surface area (Å²) in [6.45, 7) is 3.77. The Morgan fingerprint density at radius 2 is 2.16 bits per heavy atom. The number of nitrogens with two attached hydrogens (primary N) is 1. The van der Waals surface area contributed by atoms with Crippen LogP contribution in [0.5, 0.6) is 0 Å². The third-order valence-electron chi connectivity index (χ3n) is 4.13. The number of rotatable bonds is 4. The van der Waals surface area contributed by atoms with Gasteiger partial charge in [-0.25, -0.2) is 4.79 Å². The van der Waals surface area contributed by atoms with Gasteiger partial charge in [0.1, 0.15) is 4.88 Å². The zero-order valence-electron chi connectivity index (χ0n) is 14.1. The number of aryl methyl sites for hydroxylation is 1. The minimum Gasteiger partial charge on any atom is -0.351 e. The standard InChI is InChI=1S/C18H22N4O2S/c1-11-4-2-5-12(8-11)15-9-14(22-18(19)24)16(25-15)17(23)21-13-6-3-7-20-10-13/h2,4-5,8-9,13,20H,3,6-7,10H2,1H3,(H,21,23)(H3,19,22,24). The van der Waals surface area contributed by atoms with Crippen molar-refractivity contribution in [3.05, 3.63) is 40.8 Å². The van der Waals surface area contributed by atoms with E-state index in [9.17, 15) is 9.59 Å². The van der Waals surface area contributed by atoms with Crippen molar-refractivity contribution >= 4 is 29.0 Å². The molecule has 1 aliphatic heterocycles. The molecule has 1 aliphatic rings. The average Bonchev–Trinajstić information content (AvgIpc) is 2.99. The highest BCUT2D eigenvalue weighted by Gasteiger charge is 2.22. The largest absolute Gasteiger partial charge is 0.351 e. The first-order chi connectivity index (χ1) is 12.0. The number of urea groups is 1. The Bertz CT molecular complexity index is 781. The summed E-state index contributed by atoms with van der Waals surface area (Å²) in [4.78, 5) is 25.4. The third-order valence-corrected chi connectivity index (χ3v) is 5.31. The number of amides is 3. The van der Waals surface area contributed by atoms with Crippen molar-refractivity contribution in [2.75, 3.05) is 18.4 Å². The van der Waals surface area contributed by atoms with Gasteiger partial charge in [0.25, 0.3) is 5.91 Å². The summed E-state index contributed by atoms with van der Waals surface area (Å²) in [5.74, 6) is -0.179. The zero-order chi connectivity index (χ0) is 17.8. The van der Waals surface area contributed by atoms with Gasteiger partial charge in [-0.1, -0.05) is 29.8 Å². The zero-order valence-corrected chi connectivity index (χ0v) is 14.9. The van der Waals surface area contributed by atoms with Crippen molar-refractivity contribution in [1.29, 1.82) is 0 Å². The van der Waals surface area contributed by atoms with Gasteiger partial charge in [0.15, 0.2) is 0 Å². The fraction of sp³-hybridized carbons (Fsp3) is 0.333. The molecule has 3 rings (SSSR count). The highest BCUT2D eigenvalue weighted by atomic mass is 32.1. The van der Waals surface area contributed by atoms with Crippen molar-refractivity contribution in [3.63, 3.8) is 0 Å². The van der Waals surface area contributed by atoms with E-state index in [4.69, 9.17) is 5.73 Å². The Morgan fingerprint density at radius 1 is 1.32 bits per heavy atom. The number of benzene rings is 1. The lowest BCUT2D eigenvalue weighted by molar-refractivity contribution is 0.0935. The first-order valence-corrected chi connectivity index (χ1v) is 9.13. The average molecular weight is 358 g/mol. The molecule has 1 atom stereocenters. The van der Waals surface area contributed by atoms with Gasteiger partial charge in [-0.2, -0.15) is 0 Å². The predicted octanol–water partition coefficient (Wildman–Crippen LogP) is 2.70. The summed E-state index contributed by atoms with van der Waals surface area (Å²) in [7, 11) is 0. The number of anilines is 1. The smallest absolute Gasteiger partial charge is 0.316 e. The molecule has 3 amide bonds. The number of nitrogens with one attached hydrogen (secondary N) is 3. The fourth-order valence-corrected chi connectivity index (χ4v) is 3.96. The second kappa shape index (κ2) is 7.67. The Morgan fingerprint density at radius 3 is 2.84 bits per heavy atom. The molecule has 1 saturated heterocycles. The van der Waals surface area contributed by atoms with E-state index >= 15 is 0 Å². The van der Waals surface area contributed by atoms with E-state index < -0.39 is 6.03 Å². The summed E-state index contributed by atoms with van der Waals surface area (Å²) in [6.07, 6.45) is 1.99.